The summed E-state index contributed by atoms with van der Waals surface area (Å²) in [5.41, 5.74) is 2.81. The molecule has 0 aliphatic heterocycles. The van der Waals surface area contributed by atoms with Gasteiger partial charge in [-0.1, -0.05) is 5.16 Å². The number of aromatic nitrogens is 2. The number of fused-ring (bicyclic) bond motifs is 1. The number of aryl methyl sites for hydroxylation is 3. The highest BCUT2D eigenvalue weighted by Gasteiger charge is 2.23. The average molecular weight is 352 g/mol. The van der Waals surface area contributed by atoms with Gasteiger partial charge >= 0.3 is 0 Å². The Morgan fingerprint density at radius 3 is 2.69 bits per heavy atom. The summed E-state index contributed by atoms with van der Waals surface area (Å²) in [4.78, 5) is 19.3. The molecule has 0 unspecified atom stereocenters. The zero-order valence-electron chi connectivity index (χ0n) is 15.3. The Hall–Kier alpha value is -3.14. The molecule has 0 atom stereocenters. The average Bonchev–Trinajstić information content (AvgIpc) is 3.16. The first-order valence-corrected chi connectivity index (χ1v) is 8.46. The van der Waals surface area contributed by atoms with E-state index in [0.717, 1.165) is 17.1 Å². The topological polar surface area (TPSA) is 96.2 Å². The maximum atomic E-state index is 13.1. The normalized spacial score (nSPS) is 10.9. The number of amides is 1. The maximum absolute atomic E-state index is 13.1. The lowest BCUT2D eigenvalue weighted by Crippen LogP contribution is -2.31. The van der Waals surface area contributed by atoms with Gasteiger partial charge in [0.05, 0.1) is 34.8 Å². The molecule has 0 radical (unpaired) electrons. The van der Waals surface area contributed by atoms with Gasteiger partial charge in [0, 0.05) is 18.7 Å². The summed E-state index contributed by atoms with van der Waals surface area (Å²) in [6.07, 6.45) is 0.281. The van der Waals surface area contributed by atoms with Crippen LogP contribution in [0.5, 0.6) is 0 Å². The van der Waals surface area contributed by atoms with Crippen molar-refractivity contribution in [1.29, 1.82) is 5.26 Å². The van der Waals surface area contributed by atoms with Gasteiger partial charge < -0.3 is 13.8 Å². The Balaban J connectivity index is 2.17. The Morgan fingerprint density at radius 2 is 2.08 bits per heavy atom. The molecule has 0 saturated heterocycles. The van der Waals surface area contributed by atoms with Crippen molar-refractivity contribution >= 4 is 17.0 Å². The first kappa shape index (κ1) is 17.7. The van der Waals surface area contributed by atoms with Crippen LogP contribution in [0.3, 0.4) is 0 Å². The van der Waals surface area contributed by atoms with Gasteiger partial charge in [-0.3, -0.25) is 4.79 Å². The highest BCUT2D eigenvalue weighted by Crippen LogP contribution is 2.31. The van der Waals surface area contributed by atoms with E-state index >= 15 is 0 Å². The van der Waals surface area contributed by atoms with E-state index < -0.39 is 0 Å². The van der Waals surface area contributed by atoms with Gasteiger partial charge in [-0.15, -0.1) is 0 Å². The van der Waals surface area contributed by atoms with Gasteiger partial charge in [0.1, 0.15) is 11.5 Å². The van der Waals surface area contributed by atoms with Gasteiger partial charge in [0.2, 0.25) is 0 Å². The molecule has 0 fully saturated rings. The Bertz CT molecular complexity index is 1010. The van der Waals surface area contributed by atoms with E-state index in [1.165, 1.54) is 0 Å². The molecule has 0 spiro atoms. The minimum absolute atomic E-state index is 0.166. The molecule has 0 bridgehead atoms. The third-order valence-corrected chi connectivity index (χ3v) is 4.33. The van der Waals surface area contributed by atoms with Crippen molar-refractivity contribution in [3.05, 3.63) is 34.9 Å². The van der Waals surface area contributed by atoms with E-state index in [0.29, 0.717) is 41.1 Å². The van der Waals surface area contributed by atoms with Crippen molar-refractivity contribution in [2.45, 2.75) is 34.1 Å². The van der Waals surface area contributed by atoms with Crippen LogP contribution < -0.4 is 0 Å². The summed E-state index contributed by atoms with van der Waals surface area (Å²) in [6.45, 7) is 8.27. The van der Waals surface area contributed by atoms with Crippen LogP contribution in [0.2, 0.25) is 0 Å². The lowest BCUT2D eigenvalue weighted by molar-refractivity contribution is 0.0769. The van der Waals surface area contributed by atoms with Crippen molar-refractivity contribution in [3.8, 4) is 17.3 Å². The molecular weight excluding hydrogens is 332 g/mol. The largest absolute Gasteiger partial charge is 0.466 e. The fraction of sp³-hybridized carbons (Fsp3) is 0.368. The quantitative estimate of drug-likeness (QED) is 0.693. The molecule has 3 aromatic rings. The molecule has 3 heterocycles. The number of nitriles is 1. The molecule has 7 nitrogen and oxygen atoms in total. The number of rotatable bonds is 5. The van der Waals surface area contributed by atoms with Crippen LogP contribution in [0.4, 0.5) is 0 Å². The zero-order chi connectivity index (χ0) is 18.8. The molecular formula is C19H20N4O3. The fourth-order valence-corrected chi connectivity index (χ4v) is 3.05. The fourth-order valence-electron chi connectivity index (χ4n) is 3.05. The molecule has 134 valence electrons. The number of hydrogen-bond acceptors (Lipinski definition) is 6. The first-order chi connectivity index (χ1) is 12.5. The smallest absolute Gasteiger partial charge is 0.259 e. The molecule has 1 amide bonds. The molecule has 3 rings (SSSR count). The third-order valence-electron chi connectivity index (χ3n) is 4.33. The predicted molar refractivity (Wildman–Crippen MR) is 95.5 cm³/mol. The van der Waals surface area contributed by atoms with Crippen molar-refractivity contribution in [1.82, 2.24) is 15.0 Å². The second-order valence-corrected chi connectivity index (χ2v) is 6.12. The Labute approximate surface area is 151 Å². The van der Waals surface area contributed by atoms with E-state index in [-0.39, 0.29) is 12.3 Å². The summed E-state index contributed by atoms with van der Waals surface area (Å²) < 4.78 is 10.9. The van der Waals surface area contributed by atoms with Crippen LogP contribution >= 0.6 is 0 Å². The van der Waals surface area contributed by atoms with Crippen LogP contribution in [0.15, 0.2) is 21.1 Å². The third kappa shape index (κ3) is 3.06. The standard InChI is InChI=1S/C19H20N4O3/c1-5-23(8-6-7-20)19(24)15-10-16(14-9-11(2)25-13(14)4)21-18-17(15)12(3)22-26-18/h9-10H,5-6,8H2,1-4H3. The number of carbonyl (C=O) groups is 1. The summed E-state index contributed by atoms with van der Waals surface area (Å²) in [5, 5.41) is 13.4. The monoisotopic (exact) mass is 352 g/mol. The van der Waals surface area contributed by atoms with E-state index in [1.807, 2.05) is 26.8 Å². The molecule has 0 N–H and O–H groups in total. The lowest BCUT2D eigenvalue weighted by atomic mass is 10.0. The zero-order valence-corrected chi connectivity index (χ0v) is 15.3. The Kier molecular flexibility index (Phi) is 4.76. The second kappa shape index (κ2) is 7.00. The molecule has 7 heteroatoms. The minimum atomic E-state index is -0.166. The van der Waals surface area contributed by atoms with Crippen LogP contribution in [0, 0.1) is 32.1 Å². The van der Waals surface area contributed by atoms with E-state index in [2.05, 4.69) is 16.2 Å². The number of furan rings is 1. The number of nitrogens with zero attached hydrogens (tertiary/aromatic N) is 4. The van der Waals surface area contributed by atoms with E-state index in [4.69, 9.17) is 14.2 Å². The molecule has 0 aliphatic carbocycles. The van der Waals surface area contributed by atoms with Gasteiger partial charge in [-0.25, -0.2) is 4.98 Å². The van der Waals surface area contributed by atoms with Gasteiger partial charge in [-0.2, -0.15) is 5.26 Å². The highest BCUT2D eigenvalue weighted by atomic mass is 16.5. The molecule has 3 aromatic heterocycles. The molecule has 0 saturated carbocycles. The maximum Gasteiger partial charge on any atom is 0.259 e. The van der Waals surface area contributed by atoms with Gasteiger partial charge in [-0.05, 0) is 39.8 Å². The summed E-state index contributed by atoms with van der Waals surface area (Å²) in [6, 6.07) is 5.71. The van der Waals surface area contributed by atoms with Gasteiger partial charge in [0.15, 0.2) is 0 Å². The van der Waals surface area contributed by atoms with Crippen molar-refractivity contribution in [2.24, 2.45) is 0 Å². The molecule has 26 heavy (non-hydrogen) atoms. The SMILES string of the molecule is CCN(CCC#N)C(=O)c1cc(-c2cc(C)oc2C)nc2onc(C)c12. The van der Waals surface area contributed by atoms with Crippen molar-refractivity contribution in [3.63, 3.8) is 0 Å². The summed E-state index contributed by atoms with van der Waals surface area (Å²) in [7, 11) is 0. The van der Waals surface area contributed by atoms with E-state index in [9.17, 15) is 4.79 Å². The second-order valence-electron chi connectivity index (χ2n) is 6.12. The highest BCUT2D eigenvalue weighted by molar-refractivity contribution is 6.07. The summed E-state index contributed by atoms with van der Waals surface area (Å²) in [5.74, 6) is 1.33. The molecule has 0 aliphatic rings. The number of hydrogen-bond donors (Lipinski definition) is 0. The lowest BCUT2D eigenvalue weighted by Gasteiger charge is -2.20. The Morgan fingerprint density at radius 1 is 1.31 bits per heavy atom. The van der Waals surface area contributed by atoms with Crippen LogP contribution in [-0.2, 0) is 0 Å². The molecule has 0 aromatic carbocycles. The summed E-state index contributed by atoms with van der Waals surface area (Å²) >= 11 is 0. The van der Waals surface area contributed by atoms with Crippen LogP contribution in [-0.4, -0.2) is 34.0 Å². The predicted octanol–water partition coefficient (Wildman–Crippen LogP) is 3.78. The minimum Gasteiger partial charge on any atom is -0.466 e. The number of pyridine rings is 1. The first-order valence-electron chi connectivity index (χ1n) is 8.46. The number of carbonyl (C=O) groups excluding carboxylic acids is 1. The van der Waals surface area contributed by atoms with Crippen molar-refractivity contribution < 1.29 is 13.7 Å². The van der Waals surface area contributed by atoms with E-state index in [1.54, 1.807) is 17.9 Å². The van der Waals surface area contributed by atoms with Gasteiger partial charge in [0.25, 0.3) is 11.6 Å². The van der Waals surface area contributed by atoms with Crippen LogP contribution in [0.25, 0.3) is 22.4 Å². The van der Waals surface area contributed by atoms with Crippen molar-refractivity contribution in [2.75, 3.05) is 13.1 Å². The van der Waals surface area contributed by atoms with Crippen LogP contribution in [0.1, 0.15) is 40.9 Å².